The molecular weight excluding hydrogens is 354 g/mol. The summed E-state index contributed by atoms with van der Waals surface area (Å²) in [5, 5.41) is 0. The minimum Gasteiger partial charge on any atom is -0.492 e. The predicted octanol–water partition coefficient (Wildman–Crippen LogP) is 3.41. The van der Waals surface area contributed by atoms with Gasteiger partial charge < -0.3 is 9.47 Å². The maximum atomic E-state index is 12.8. The zero-order chi connectivity index (χ0) is 18.9. The van der Waals surface area contributed by atoms with Crippen LogP contribution in [0.4, 0.5) is 5.69 Å². The highest BCUT2D eigenvalue weighted by atomic mass is 32.2. The average molecular weight is 375 g/mol. The van der Waals surface area contributed by atoms with Gasteiger partial charge in [-0.1, -0.05) is 12.1 Å². The Morgan fingerprint density at radius 2 is 2.08 bits per heavy atom. The number of anilines is 1. The zero-order valence-corrected chi connectivity index (χ0v) is 15.7. The van der Waals surface area contributed by atoms with E-state index in [4.69, 9.17) is 9.47 Å². The van der Waals surface area contributed by atoms with Gasteiger partial charge in [0.25, 0.3) is 10.0 Å². The van der Waals surface area contributed by atoms with E-state index < -0.39 is 10.0 Å². The minimum atomic E-state index is -3.88. The highest BCUT2D eigenvalue weighted by Crippen LogP contribution is 2.38. The molecule has 7 heteroatoms. The maximum absolute atomic E-state index is 12.8. The molecule has 0 fully saturated rings. The van der Waals surface area contributed by atoms with E-state index in [0.717, 1.165) is 12.0 Å². The van der Waals surface area contributed by atoms with E-state index in [-0.39, 0.29) is 16.8 Å². The van der Waals surface area contributed by atoms with Crippen LogP contribution < -0.4 is 14.2 Å². The molecular formula is C19H21NO5S. The Bertz CT molecular complexity index is 952. The topological polar surface area (TPSA) is 81.7 Å². The number of carbonyl (C=O) groups excluding carboxylic acids is 1. The SMILES string of the molecule is CCOc1cc2c(cc1NS(=O)(=O)c1cccc(C(C)=O)c1)O[C@@H](C)C2. The summed E-state index contributed by atoms with van der Waals surface area (Å²) in [7, 11) is -3.88. The molecule has 1 aliphatic rings. The summed E-state index contributed by atoms with van der Waals surface area (Å²) in [6, 6.07) is 9.39. The molecule has 0 saturated carbocycles. The second-order valence-corrected chi connectivity index (χ2v) is 7.89. The molecule has 3 rings (SSSR count). The van der Waals surface area contributed by atoms with Crippen molar-refractivity contribution in [3.8, 4) is 11.5 Å². The molecule has 1 N–H and O–H groups in total. The van der Waals surface area contributed by atoms with E-state index >= 15 is 0 Å². The molecule has 6 nitrogen and oxygen atoms in total. The highest BCUT2D eigenvalue weighted by molar-refractivity contribution is 7.92. The van der Waals surface area contributed by atoms with Crippen molar-refractivity contribution < 1.29 is 22.7 Å². The number of sulfonamides is 1. The smallest absolute Gasteiger partial charge is 0.262 e. The number of hydrogen-bond acceptors (Lipinski definition) is 5. The Balaban J connectivity index is 1.98. The molecule has 0 unspecified atom stereocenters. The number of fused-ring (bicyclic) bond motifs is 1. The Morgan fingerprint density at radius 3 is 2.77 bits per heavy atom. The third kappa shape index (κ3) is 3.67. The van der Waals surface area contributed by atoms with Gasteiger partial charge in [0.15, 0.2) is 5.78 Å². The third-order valence-corrected chi connectivity index (χ3v) is 5.46. The molecule has 0 radical (unpaired) electrons. The highest BCUT2D eigenvalue weighted by Gasteiger charge is 2.24. The molecule has 0 saturated heterocycles. The number of rotatable bonds is 6. The largest absolute Gasteiger partial charge is 0.492 e. The number of ketones is 1. The first-order chi connectivity index (χ1) is 12.3. The van der Waals surface area contributed by atoms with Crippen LogP contribution in [0.25, 0.3) is 0 Å². The third-order valence-electron chi connectivity index (χ3n) is 4.09. The van der Waals surface area contributed by atoms with Crippen LogP contribution in [-0.4, -0.2) is 26.9 Å². The summed E-state index contributed by atoms with van der Waals surface area (Å²) in [4.78, 5) is 11.5. The minimum absolute atomic E-state index is 0.0161. The number of nitrogens with one attached hydrogen (secondary N) is 1. The van der Waals surface area contributed by atoms with Crippen LogP contribution >= 0.6 is 0 Å². The molecule has 1 aliphatic heterocycles. The second-order valence-electron chi connectivity index (χ2n) is 6.21. The normalized spacial score (nSPS) is 15.9. The average Bonchev–Trinajstić information content (AvgIpc) is 2.94. The van der Waals surface area contributed by atoms with Crippen LogP contribution in [0.3, 0.4) is 0 Å². The molecule has 0 amide bonds. The van der Waals surface area contributed by atoms with Crippen LogP contribution in [0.1, 0.15) is 36.7 Å². The summed E-state index contributed by atoms with van der Waals surface area (Å²) in [5.74, 6) is 0.906. The first kappa shape index (κ1) is 18.3. The lowest BCUT2D eigenvalue weighted by molar-refractivity contribution is 0.101. The summed E-state index contributed by atoms with van der Waals surface area (Å²) >= 11 is 0. The van der Waals surface area contributed by atoms with Crippen molar-refractivity contribution in [1.82, 2.24) is 0 Å². The van der Waals surface area contributed by atoms with Crippen molar-refractivity contribution in [2.45, 2.75) is 38.2 Å². The number of benzene rings is 2. The Labute approximate surface area is 153 Å². The number of carbonyl (C=O) groups is 1. The first-order valence-electron chi connectivity index (χ1n) is 8.40. The standard InChI is InChI=1S/C19H21NO5S/c1-4-24-19-10-15-8-12(2)25-18(15)11-17(19)20-26(22,23)16-7-5-6-14(9-16)13(3)21/h5-7,9-12,20H,4,8H2,1-3H3/t12-/m0/s1. The van der Waals surface area contributed by atoms with Crippen LogP contribution in [-0.2, 0) is 16.4 Å². The lowest BCUT2D eigenvalue weighted by Crippen LogP contribution is -2.14. The molecule has 0 spiro atoms. The second kappa shape index (κ2) is 6.99. The van der Waals surface area contributed by atoms with Crippen LogP contribution in [0.15, 0.2) is 41.3 Å². The van der Waals surface area contributed by atoms with Gasteiger partial charge in [-0.15, -0.1) is 0 Å². The lowest BCUT2D eigenvalue weighted by atomic mass is 10.1. The van der Waals surface area contributed by atoms with Gasteiger partial charge in [-0.2, -0.15) is 0 Å². The van der Waals surface area contributed by atoms with Gasteiger partial charge in [0, 0.05) is 23.6 Å². The Morgan fingerprint density at radius 1 is 1.31 bits per heavy atom. The van der Waals surface area contributed by atoms with Gasteiger partial charge in [0.1, 0.15) is 17.6 Å². The van der Waals surface area contributed by atoms with E-state index in [2.05, 4.69) is 4.72 Å². The lowest BCUT2D eigenvalue weighted by Gasteiger charge is -2.15. The predicted molar refractivity (Wildman–Crippen MR) is 98.7 cm³/mol. The summed E-state index contributed by atoms with van der Waals surface area (Å²) in [6.07, 6.45) is 0.793. The Hall–Kier alpha value is -2.54. The monoisotopic (exact) mass is 375 g/mol. The van der Waals surface area contributed by atoms with E-state index in [1.54, 1.807) is 18.2 Å². The number of ether oxygens (including phenoxy) is 2. The molecule has 2 aromatic rings. The fourth-order valence-electron chi connectivity index (χ4n) is 2.88. The molecule has 1 atom stereocenters. The molecule has 26 heavy (non-hydrogen) atoms. The summed E-state index contributed by atoms with van der Waals surface area (Å²) in [5.41, 5.74) is 1.64. The van der Waals surface area contributed by atoms with Gasteiger partial charge in [-0.05, 0) is 39.0 Å². The van der Waals surface area contributed by atoms with Gasteiger partial charge >= 0.3 is 0 Å². The van der Waals surface area contributed by atoms with E-state index in [1.165, 1.54) is 19.1 Å². The summed E-state index contributed by atoms with van der Waals surface area (Å²) in [6.45, 7) is 5.59. The van der Waals surface area contributed by atoms with Crippen LogP contribution in [0.5, 0.6) is 11.5 Å². The van der Waals surface area contributed by atoms with Crippen LogP contribution in [0, 0.1) is 0 Å². The maximum Gasteiger partial charge on any atom is 0.262 e. The first-order valence-corrected chi connectivity index (χ1v) is 9.88. The molecule has 0 aromatic heterocycles. The van der Waals surface area contributed by atoms with Crippen molar-refractivity contribution in [2.24, 2.45) is 0 Å². The molecule has 0 bridgehead atoms. The zero-order valence-electron chi connectivity index (χ0n) is 14.9. The van der Waals surface area contributed by atoms with Gasteiger partial charge in [-0.3, -0.25) is 9.52 Å². The van der Waals surface area contributed by atoms with Crippen LogP contribution in [0.2, 0.25) is 0 Å². The van der Waals surface area contributed by atoms with Crippen molar-refractivity contribution in [3.05, 3.63) is 47.5 Å². The molecule has 138 valence electrons. The Kier molecular flexibility index (Phi) is 4.91. The van der Waals surface area contributed by atoms with Crippen molar-refractivity contribution in [1.29, 1.82) is 0 Å². The molecule has 0 aliphatic carbocycles. The fourth-order valence-corrected chi connectivity index (χ4v) is 3.99. The fraction of sp³-hybridized carbons (Fsp3) is 0.316. The quantitative estimate of drug-likeness (QED) is 0.783. The van der Waals surface area contributed by atoms with E-state index in [0.29, 0.717) is 29.4 Å². The van der Waals surface area contributed by atoms with E-state index in [9.17, 15) is 13.2 Å². The summed E-state index contributed by atoms with van der Waals surface area (Å²) < 4.78 is 39.4. The van der Waals surface area contributed by atoms with Gasteiger partial charge in [0.2, 0.25) is 0 Å². The molecule has 2 aromatic carbocycles. The van der Waals surface area contributed by atoms with Crippen molar-refractivity contribution in [2.75, 3.05) is 11.3 Å². The number of Topliss-reactive ketones (excluding diaryl/α,β-unsaturated/α-hetero) is 1. The number of hydrogen-bond donors (Lipinski definition) is 1. The van der Waals surface area contributed by atoms with Crippen molar-refractivity contribution >= 4 is 21.5 Å². The van der Waals surface area contributed by atoms with E-state index in [1.807, 2.05) is 19.9 Å². The molecule has 1 heterocycles. The van der Waals surface area contributed by atoms with Gasteiger partial charge in [-0.25, -0.2) is 8.42 Å². The van der Waals surface area contributed by atoms with Gasteiger partial charge in [0.05, 0.1) is 17.2 Å². The van der Waals surface area contributed by atoms with Crippen molar-refractivity contribution in [3.63, 3.8) is 0 Å².